The number of nitrogens with one attached hydrogen (secondary N) is 1. The first-order chi connectivity index (χ1) is 12.9. The molecule has 2 bridgehead atoms. The van der Waals surface area contributed by atoms with E-state index in [-0.39, 0.29) is 55.0 Å². The molecule has 3 unspecified atom stereocenters. The molecule has 8 heteroatoms. The summed E-state index contributed by atoms with van der Waals surface area (Å²) < 4.78 is 27.1. The Hall–Kier alpha value is -1.73. The Bertz CT molecular complexity index is 749. The van der Waals surface area contributed by atoms with Crippen LogP contribution in [0.25, 0.3) is 0 Å². The van der Waals surface area contributed by atoms with Gasteiger partial charge in [-0.2, -0.15) is 0 Å². The number of nitrogens with two attached hydrogens (primary N) is 1. The molecule has 3 N–H and O–H groups in total. The number of hydrogen-bond acceptors (Lipinski definition) is 3. The van der Waals surface area contributed by atoms with E-state index >= 15 is 0 Å². The van der Waals surface area contributed by atoms with Gasteiger partial charge >= 0.3 is 0 Å². The number of halogens is 3. The van der Waals surface area contributed by atoms with Crippen LogP contribution < -0.4 is 16.0 Å². The summed E-state index contributed by atoms with van der Waals surface area (Å²) in [6.45, 7) is 0.120. The molecule has 28 heavy (non-hydrogen) atoms. The van der Waals surface area contributed by atoms with E-state index in [1.807, 2.05) is 0 Å². The van der Waals surface area contributed by atoms with E-state index in [1.54, 1.807) is 0 Å². The van der Waals surface area contributed by atoms with Crippen molar-refractivity contribution in [1.29, 1.82) is 0 Å². The third-order valence-corrected chi connectivity index (χ3v) is 6.38. The van der Waals surface area contributed by atoms with E-state index in [0.29, 0.717) is 11.8 Å². The predicted octanol–water partition coefficient (Wildman–Crippen LogP) is 2.76. The van der Waals surface area contributed by atoms with Crippen molar-refractivity contribution in [3.05, 3.63) is 29.8 Å². The van der Waals surface area contributed by atoms with Gasteiger partial charge in [-0.15, -0.1) is 12.4 Å². The summed E-state index contributed by atoms with van der Waals surface area (Å²) >= 11 is 0. The van der Waals surface area contributed by atoms with Gasteiger partial charge in [-0.1, -0.05) is 6.42 Å². The largest absolute Gasteiger partial charge is 0.353 e. The molecule has 2 saturated carbocycles. The average Bonchev–Trinajstić information content (AvgIpc) is 2.97. The van der Waals surface area contributed by atoms with E-state index in [0.717, 1.165) is 37.8 Å². The standard InChI is InChI=1S/C20H25F2N3O2.ClH/c21-14-4-5-17(16(22)9-14)25-10-13(8-18(25)26)20(27)24-19-11-2-1-3-12(19)7-15(23)6-11;/h4-5,9,11-13,15,19H,1-3,6-8,10,23H2,(H,24,27);1H. The van der Waals surface area contributed by atoms with Gasteiger partial charge in [0.1, 0.15) is 11.6 Å². The fourth-order valence-electron chi connectivity index (χ4n) is 5.12. The number of rotatable bonds is 3. The molecule has 5 nitrogen and oxygen atoms in total. The van der Waals surface area contributed by atoms with Crippen molar-refractivity contribution >= 4 is 29.9 Å². The van der Waals surface area contributed by atoms with Crippen molar-refractivity contribution in [2.24, 2.45) is 23.5 Å². The molecule has 1 aromatic carbocycles. The van der Waals surface area contributed by atoms with E-state index in [2.05, 4.69) is 5.32 Å². The van der Waals surface area contributed by atoms with Crippen LogP contribution in [-0.2, 0) is 9.59 Å². The molecule has 2 aliphatic carbocycles. The minimum absolute atomic E-state index is 0. The highest BCUT2D eigenvalue weighted by atomic mass is 35.5. The number of anilines is 1. The first kappa shape index (κ1) is 21.0. The monoisotopic (exact) mass is 413 g/mol. The van der Waals surface area contributed by atoms with Crippen LogP contribution in [0.4, 0.5) is 14.5 Å². The summed E-state index contributed by atoms with van der Waals surface area (Å²) in [7, 11) is 0. The Morgan fingerprint density at radius 1 is 1.18 bits per heavy atom. The fourth-order valence-corrected chi connectivity index (χ4v) is 5.12. The highest BCUT2D eigenvalue weighted by molar-refractivity contribution is 6.00. The first-order valence-corrected chi connectivity index (χ1v) is 9.73. The molecule has 154 valence electrons. The van der Waals surface area contributed by atoms with Crippen LogP contribution in [0.2, 0.25) is 0 Å². The van der Waals surface area contributed by atoms with Crippen LogP contribution in [0.3, 0.4) is 0 Å². The van der Waals surface area contributed by atoms with Gasteiger partial charge in [0, 0.05) is 31.1 Å². The Balaban J connectivity index is 0.00000225. The zero-order valence-corrected chi connectivity index (χ0v) is 16.4. The lowest BCUT2D eigenvalue weighted by Gasteiger charge is -2.45. The van der Waals surface area contributed by atoms with E-state index < -0.39 is 17.6 Å². The molecule has 4 rings (SSSR count). The van der Waals surface area contributed by atoms with Crippen molar-refractivity contribution in [2.75, 3.05) is 11.4 Å². The Labute approximate surface area is 169 Å². The zero-order chi connectivity index (χ0) is 19.1. The van der Waals surface area contributed by atoms with Crippen LogP contribution in [0.5, 0.6) is 0 Å². The quantitative estimate of drug-likeness (QED) is 0.800. The number of benzene rings is 1. The average molecular weight is 414 g/mol. The van der Waals surface area contributed by atoms with Gasteiger partial charge < -0.3 is 16.0 Å². The fraction of sp³-hybridized carbons (Fsp3) is 0.600. The van der Waals surface area contributed by atoms with Gasteiger partial charge in [0.15, 0.2) is 0 Å². The summed E-state index contributed by atoms with van der Waals surface area (Å²) in [4.78, 5) is 26.4. The van der Waals surface area contributed by atoms with Gasteiger partial charge in [0.2, 0.25) is 11.8 Å². The summed E-state index contributed by atoms with van der Waals surface area (Å²) in [6.07, 6.45) is 5.23. The van der Waals surface area contributed by atoms with Gasteiger partial charge in [-0.25, -0.2) is 8.78 Å². The second kappa shape index (κ2) is 8.33. The second-order valence-electron chi connectivity index (χ2n) is 8.22. The lowest BCUT2D eigenvalue weighted by Crippen LogP contribution is -2.54. The smallest absolute Gasteiger partial charge is 0.227 e. The molecule has 0 radical (unpaired) electrons. The molecule has 3 aliphatic rings. The highest BCUT2D eigenvalue weighted by Crippen LogP contribution is 2.40. The van der Waals surface area contributed by atoms with Gasteiger partial charge in [-0.3, -0.25) is 9.59 Å². The van der Waals surface area contributed by atoms with E-state index in [4.69, 9.17) is 5.73 Å². The van der Waals surface area contributed by atoms with Gasteiger partial charge in [-0.05, 0) is 49.7 Å². The number of fused-ring (bicyclic) bond motifs is 2. The van der Waals surface area contributed by atoms with Crippen LogP contribution in [0.1, 0.15) is 38.5 Å². The molecule has 1 aromatic rings. The molecule has 0 spiro atoms. The van der Waals surface area contributed by atoms with Crippen molar-refractivity contribution < 1.29 is 18.4 Å². The molecule has 2 amide bonds. The Morgan fingerprint density at radius 2 is 1.86 bits per heavy atom. The summed E-state index contributed by atoms with van der Waals surface area (Å²) in [6, 6.07) is 3.44. The van der Waals surface area contributed by atoms with Gasteiger partial charge in [0.25, 0.3) is 0 Å². The molecular weight excluding hydrogens is 388 g/mol. The molecular formula is C20H26ClF2N3O2. The Kier molecular flexibility index (Phi) is 6.25. The summed E-state index contributed by atoms with van der Waals surface area (Å²) in [5.41, 5.74) is 6.16. The number of nitrogens with zero attached hydrogens (tertiary/aromatic N) is 1. The first-order valence-electron chi connectivity index (χ1n) is 9.73. The maximum Gasteiger partial charge on any atom is 0.227 e. The molecule has 1 heterocycles. The molecule has 0 aromatic heterocycles. The molecule has 3 fully saturated rings. The number of amides is 2. The predicted molar refractivity (Wildman–Crippen MR) is 104 cm³/mol. The lowest BCUT2D eigenvalue weighted by molar-refractivity contribution is -0.128. The highest BCUT2D eigenvalue weighted by Gasteiger charge is 2.42. The molecule has 1 saturated heterocycles. The Morgan fingerprint density at radius 3 is 2.50 bits per heavy atom. The van der Waals surface area contributed by atoms with E-state index in [1.165, 1.54) is 17.4 Å². The van der Waals surface area contributed by atoms with E-state index in [9.17, 15) is 18.4 Å². The maximum atomic E-state index is 14.0. The SMILES string of the molecule is Cl.NC1CC2CCCC(C1)C2NC(=O)C1CC(=O)N(c2ccc(F)cc2F)C1. The van der Waals surface area contributed by atoms with Crippen LogP contribution >= 0.6 is 12.4 Å². The molecule has 3 atom stereocenters. The number of carbonyl (C=O) groups is 2. The third-order valence-electron chi connectivity index (χ3n) is 6.38. The van der Waals surface area contributed by atoms with Crippen molar-refractivity contribution in [2.45, 2.75) is 50.6 Å². The van der Waals surface area contributed by atoms with Gasteiger partial charge in [0.05, 0.1) is 11.6 Å². The number of hydrogen-bond donors (Lipinski definition) is 2. The lowest BCUT2D eigenvalue weighted by atomic mass is 9.67. The topological polar surface area (TPSA) is 75.4 Å². The zero-order valence-electron chi connectivity index (χ0n) is 15.6. The van der Waals surface area contributed by atoms with Crippen LogP contribution in [0.15, 0.2) is 18.2 Å². The number of carbonyl (C=O) groups excluding carboxylic acids is 2. The van der Waals surface area contributed by atoms with Crippen molar-refractivity contribution in [1.82, 2.24) is 5.32 Å². The normalized spacial score (nSPS) is 32.0. The van der Waals surface area contributed by atoms with Crippen molar-refractivity contribution in [3.63, 3.8) is 0 Å². The van der Waals surface area contributed by atoms with Crippen LogP contribution in [-0.4, -0.2) is 30.4 Å². The van der Waals surface area contributed by atoms with Crippen molar-refractivity contribution in [3.8, 4) is 0 Å². The molecule has 1 aliphatic heterocycles. The third kappa shape index (κ3) is 4.01. The maximum absolute atomic E-state index is 14.0. The summed E-state index contributed by atoms with van der Waals surface area (Å²) in [5.74, 6) is -1.66. The summed E-state index contributed by atoms with van der Waals surface area (Å²) in [5, 5.41) is 3.17. The minimum Gasteiger partial charge on any atom is -0.353 e. The minimum atomic E-state index is -0.791. The van der Waals surface area contributed by atoms with Crippen LogP contribution in [0, 0.1) is 29.4 Å². The second-order valence-corrected chi connectivity index (χ2v) is 8.22.